The zero-order valence-electron chi connectivity index (χ0n) is 23.1. The van der Waals surface area contributed by atoms with E-state index < -0.39 is 12.0 Å². The average Bonchev–Trinajstić information content (AvgIpc) is 2.85. The Balaban J connectivity index is 1.25. The third-order valence-electron chi connectivity index (χ3n) is 8.37. The molecule has 38 heavy (non-hydrogen) atoms. The van der Waals surface area contributed by atoms with Gasteiger partial charge in [-0.1, -0.05) is 6.07 Å². The number of unbranched alkanes of at least 4 members (excludes halogenated alkanes) is 1. The summed E-state index contributed by atoms with van der Waals surface area (Å²) in [5.41, 5.74) is 2.43. The summed E-state index contributed by atoms with van der Waals surface area (Å²) in [4.78, 5) is 34.2. The van der Waals surface area contributed by atoms with Crippen molar-refractivity contribution in [1.29, 1.82) is 0 Å². The number of aryl methyl sites for hydroxylation is 2. The molecule has 2 heterocycles. The minimum absolute atomic E-state index is 0.195. The lowest BCUT2D eigenvalue weighted by atomic mass is 9.85. The second kappa shape index (κ2) is 14.7. The van der Waals surface area contributed by atoms with E-state index in [1.807, 2.05) is 11.8 Å². The number of amides is 2. The van der Waals surface area contributed by atoms with Gasteiger partial charge < -0.3 is 30.3 Å². The number of urea groups is 1. The Kier molecular flexibility index (Phi) is 11.1. The van der Waals surface area contributed by atoms with Crippen molar-refractivity contribution >= 4 is 17.8 Å². The van der Waals surface area contributed by atoms with Crippen LogP contribution in [0.15, 0.2) is 12.1 Å². The average molecular weight is 530 g/mol. The van der Waals surface area contributed by atoms with Crippen LogP contribution in [0.4, 0.5) is 10.6 Å². The summed E-state index contributed by atoms with van der Waals surface area (Å²) >= 11 is 0. The number of ether oxygens (including phenoxy) is 1. The summed E-state index contributed by atoms with van der Waals surface area (Å²) in [7, 11) is 0. The lowest BCUT2D eigenvalue weighted by molar-refractivity contribution is -0.139. The molecule has 2 amide bonds. The van der Waals surface area contributed by atoms with E-state index in [0.717, 1.165) is 102 Å². The molecule has 0 spiro atoms. The fourth-order valence-electron chi connectivity index (χ4n) is 5.58. The van der Waals surface area contributed by atoms with Gasteiger partial charge in [-0.15, -0.1) is 0 Å². The molecule has 9 nitrogen and oxygen atoms in total. The van der Waals surface area contributed by atoms with Crippen LogP contribution in [0.25, 0.3) is 0 Å². The highest BCUT2D eigenvalue weighted by Gasteiger charge is 2.38. The molecule has 2 saturated carbocycles. The maximum atomic E-state index is 13.1. The first kappa shape index (κ1) is 28.6. The quantitative estimate of drug-likeness (QED) is 0.277. The summed E-state index contributed by atoms with van der Waals surface area (Å²) in [5, 5.41) is 16.2. The number of aromatic nitrogens is 1. The first-order valence-corrected chi connectivity index (χ1v) is 14.9. The van der Waals surface area contributed by atoms with Crippen LogP contribution in [-0.2, 0) is 22.4 Å². The number of aliphatic carboxylic acids is 1. The summed E-state index contributed by atoms with van der Waals surface area (Å²) < 4.78 is 5.58. The second-order valence-corrected chi connectivity index (χ2v) is 11.0. The first-order chi connectivity index (χ1) is 18.5. The Hall–Kier alpha value is -2.39. The fraction of sp³-hybridized carbons (Fsp3) is 0.759. The van der Waals surface area contributed by atoms with Crippen LogP contribution in [0.5, 0.6) is 0 Å². The summed E-state index contributed by atoms with van der Waals surface area (Å²) in [6, 6.07) is 3.83. The molecular formula is C29H47N5O4. The molecule has 1 aromatic heterocycles. The fourth-order valence-corrected chi connectivity index (χ4v) is 5.58. The largest absolute Gasteiger partial charge is 0.480 e. The van der Waals surface area contributed by atoms with E-state index in [1.54, 1.807) is 0 Å². The molecule has 1 unspecified atom stereocenters. The Bertz CT molecular complexity index is 891. The number of hydrogen-bond donors (Lipinski definition) is 3. The number of carbonyl (C=O) groups excluding carboxylic acids is 1. The lowest BCUT2D eigenvalue weighted by Crippen LogP contribution is -2.58. The summed E-state index contributed by atoms with van der Waals surface area (Å²) in [6.45, 7) is 6.50. The molecule has 1 aliphatic heterocycles. The van der Waals surface area contributed by atoms with Crippen molar-refractivity contribution in [2.75, 3.05) is 44.7 Å². The van der Waals surface area contributed by atoms with Crippen LogP contribution in [0.1, 0.15) is 82.4 Å². The molecule has 0 aromatic carbocycles. The normalized spacial score (nSPS) is 18.2. The van der Waals surface area contributed by atoms with Gasteiger partial charge in [0, 0.05) is 44.0 Å². The molecule has 3 aliphatic rings. The summed E-state index contributed by atoms with van der Waals surface area (Å²) in [5.74, 6) is 0.0828. The number of carboxylic acid groups (broad SMARTS) is 1. The SMILES string of the molecule is CCOCCN(CCCCc1ccc2c(n1)NCCC2)CCC(NC(=O)N(C1CCC1)C1CCC1)C(=O)O. The molecule has 212 valence electrons. The van der Waals surface area contributed by atoms with Gasteiger partial charge in [-0.25, -0.2) is 14.6 Å². The van der Waals surface area contributed by atoms with Gasteiger partial charge in [-0.2, -0.15) is 0 Å². The van der Waals surface area contributed by atoms with Crippen molar-refractivity contribution < 1.29 is 19.4 Å². The van der Waals surface area contributed by atoms with Crippen molar-refractivity contribution in [1.82, 2.24) is 20.1 Å². The minimum atomic E-state index is -0.961. The van der Waals surface area contributed by atoms with Gasteiger partial charge in [0.25, 0.3) is 0 Å². The molecule has 4 rings (SSSR count). The zero-order valence-corrected chi connectivity index (χ0v) is 23.1. The van der Waals surface area contributed by atoms with Gasteiger partial charge in [-0.05, 0) is 102 Å². The Morgan fingerprint density at radius 2 is 1.87 bits per heavy atom. The molecule has 1 aromatic rings. The van der Waals surface area contributed by atoms with Gasteiger partial charge in [-0.3, -0.25) is 0 Å². The predicted molar refractivity (Wildman–Crippen MR) is 149 cm³/mol. The van der Waals surface area contributed by atoms with Crippen LogP contribution in [0, 0.1) is 0 Å². The third-order valence-corrected chi connectivity index (χ3v) is 8.37. The maximum Gasteiger partial charge on any atom is 0.326 e. The highest BCUT2D eigenvalue weighted by Crippen LogP contribution is 2.33. The number of fused-ring (bicyclic) bond motifs is 1. The minimum Gasteiger partial charge on any atom is -0.480 e. The number of nitrogens with zero attached hydrogens (tertiary/aromatic N) is 3. The van der Waals surface area contributed by atoms with Crippen LogP contribution >= 0.6 is 0 Å². The molecule has 0 bridgehead atoms. The number of nitrogens with one attached hydrogen (secondary N) is 2. The van der Waals surface area contributed by atoms with Gasteiger partial charge in [0.05, 0.1) is 6.61 Å². The molecular weight excluding hydrogens is 482 g/mol. The Labute approximate surface area is 227 Å². The van der Waals surface area contributed by atoms with Crippen LogP contribution in [-0.4, -0.2) is 89.4 Å². The van der Waals surface area contributed by atoms with Gasteiger partial charge >= 0.3 is 12.0 Å². The number of pyridine rings is 1. The summed E-state index contributed by atoms with van der Waals surface area (Å²) in [6.07, 6.45) is 12.0. The predicted octanol–water partition coefficient (Wildman–Crippen LogP) is 4.06. The van der Waals surface area contributed by atoms with Gasteiger partial charge in [0.15, 0.2) is 0 Å². The molecule has 1 atom stereocenters. The van der Waals surface area contributed by atoms with E-state index in [4.69, 9.17) is 9.72 Å². The molecule has 0 saturated heterocycles. The topological polar surface area (TPSA) is 107 Å². The van der Waals surface area contributed by atoms with E-state index in [0.29, 0.717) is 26.2 Å². The molecule has 3 N–H and O–H groups in total. The van der Waals surface area contributed by atoms with Gasteiger partial charge in [0.2, 0.25) is 0 Å². The smallest absolute Gasteiger partial charge is 0.326 e. The highest BCUT2D eigenvalue weighted by molar-refractivity contribution is 5.83. The first-order valence-electron chi connectivity index (χ1n) is 14.9. The Morgan fingerprint density at radius 1 is 1.11 bits per heavy atom. The number of anilines is 1. The monoisotopic (exact) mass is 529 g/mol. The van der Waals surface area contributed by atoms with Crippen molar-refractivity contribution in [3.8, 4) is 0 Å². The number of hydrogen-bond acceptors (Lipinski definition) is 6. The van der Waals surface area contributed by atoms with E-state index in [9.17, 15) is 14.7 Å². The molecule has 9 heteroatoms. The zero-order chi connectivity index (χ0) is 26.7. The molecule has 0 radical (unpaired) electrons. The lowest BCUT2D eigenvalue weighted by Gasteiger charge is -2.46. The van der Waals surface area contributed by atoms with E-state index in [-0.39, 0.29) is 18.1 Å². The molecule has 2 aliphatic carbocycles. The Morgan fingerprint density at radius 3 is 2.53 bits per heavy atom. The van der Waals surface area contributed by atoms with Crippen LogP contribution in [0.2, 0.25) is 0 Å². The highest BCUT2D eigenvalue weighted by atomic mass is 16.5. The second-order valence-electron chi connectivity index (χ2n) is 11.0. The molecule has 2 fully saturated rings. The van der Waals surface area contributed by atoms with Crippen LogP contribution in [0.3, 0.4) is 0 Å². The van der Waals surface area contributed by atoms with E-state index in [1.165, 1.54) is 5.56 Å². The van der Waals surface area contributed by atoms with E-state index >= 15 is 0 Å². The van der Waals surface area contributed by atoms with Gasteiger partial charge in [0.1, 0.15) is 11.9 Å². The maximum absolute atomic E-state index is 13.1. The van der Waals surface area contributed by atoms with Crippen molar-refractivity contribution in [3.05, 3.63) is 23.4 Å². The third kappa shape index (κ3) is 8.06. The number of rotatable bonds is 16. The van der Waals surface area contributed by atoms with E-state index in [2.05, 4.69) is 27.7 Å². The van der Waals surface area contributed by atoms with Crippen LogP contribution < -0.4 is 10.6 Å². The van der Waals surface area contributed by atoms with Crippen molar-refractivity contribution in [2.45, 2.75) is 102 Å². The van der Waals surface area contributed by atoms with Crippen molar-refractivity contribution in [3.63, 3.8) is 0 Å². The van der Waals surface area contributed by atoms with Crippen molar-refractivity contribution in [2.24, 2.45) is 0 Å². The number of carbonyl (C=O) groups is 2. The number of carboxylic acids is 1. The standard InChI is InChI=1S/C29H47N5O4/c1-2-38-21-20-33(18-4-3-9-23-15-14-22-8-7-17-30-27(22)31-23)19-16-26(28(35)36)32-29(37)34(24-10-5-11-24)25-12-6-13-25/h14-15,24-26H,2-13,16-21H2,1H3,(H,30,31)(H,32,37)(H,35,36).